The molecule has 0 aliphatic heterocycles. The molecule has 0 aromatic carbocycles. The van der Waals surface area contributed by atoms with E-state index in [0.717, 1.165) is 0 Å². The fourth-order valence-electron chi connectivity index (χ4n) is 3.12. The Morgan fingerprint density at radius 1 is 1.32 bits per heavy atom. The van der Waals surface area contributed by atoms with Gasteiger partial charge >= 0.3 is 5.97 Å². The summed E-state index contributed by atoms with van der Waals surface area (Å²) in [5.41, 5.74) is -0.497. The maximum atomic E-state index is 12.4. The first-order chi connectivity index (χ1) is 11.6. The van der Waals surface area contributed by atoms with Crippen LogP contribution >= 0.6 is 0 Å². The highest BCUT2D eigenvalue weighted by atomic mass is 16.5. The molecule has 138 valence electrons. The van der Waals surface area contributed by atoms with Crippen molar-refractivity contribution in [3.05, 3.63) is 30.1 Å². The molecule has 1 heterocycles. The first-order valence-corrected chi connectivity index (χ1v) is 8.09. The highest BCUT2D eigenvalue weighted by Gasteiger charge is 2.41. The number of hydrogen-bond donors (Lipinski definition) is 2. The summed E-state index contributed by atoms with van der Waals surface area (Å²) in [7, 11) is 1.29. The quantitative estimate of drug-likeness (QED) is 0.521. The second kappa shape index (κ2) is 8.60. The maximum Gasteiger partial charge on any atom is 0.328 e. The molecule has 1 unspecified atom stereocenters. The van der Waals surface area contributed by atoms with Gasteiger partial charge in [0.2, 0.25) is 6.41 Å². The Morgan fingerprint density at radius 2 is 2.00 bits per heavy atom. The van der Waals surface area contributed by atoms with Crippen molar-refractivity contribution in [2.24, 2.45) is 10.8 Å². The third-order valence-corrected chi connectivity index (χ3v) is 4.02. The minimum absolute atomic E-state index is 0.268. The molecule has 1 atom stereocenters. The minimum Gasteiger partial charge on any atom is -0.467 e. The Labute approximate surface area is 148 Å². The number of nitrogens with one attached hydrogen (secondary N) is 2. The van der Waals surface area contributed by atoms with E-state index in [2.05, 4.69) is 15.6 Å². The van der Waals surface area contributed by atoms with Crippen LogP contribution in [-0.4, -0.2) is 43.0 Å². The van der Waals surface area contributed by atoms with Crippen LogP contribution in [0.25, 0.3) is 0 Å². The van der Waals surface area contributed by atoms with Gasteiger partial charge in [-0.1, -0.05) is 27.7 Å². The molecule has 7 nitrogen and oxygen atoms in total. The number of amides is 2. The van der Waals surface area contributed by atoms with Gasteiger partial charge in [0.1, 0.15) is 6.04 Å². The van der Waals surface area contributed by atoms with Gasteiger partial charge in [0.25, 0.3) is 5.91 Å². The topological polar surface area (TPSA) is 97.4 Å². The molecule has 1 rings (SSSR count). The molecule has 0 bridgehead atoms. The summed E-state index contributed by atoms with van der Waals surface area (Å²) in [5, 5.41) is 5.43. The number of carbonyl (C=O) groups is 3. The van der Waals surface area contributed by atoms with Gasteiger partial charge in [0.05, 0.1) is 12.7 Å². The van der Waals surface area contributed by atoms with E-state index < -0.39 is 17.4 Å². The zero-order valence-electron chi connectivity index (χ0n) is 15.5. The fraction of sp³-hybridized carbons (Fsp3) is 0.556. The highest BCUT2D eigenvalue weighted by Crippen LogP contribution is 2.36. The monoisotopic (exact) mass is 349 g/mol. The largest absolute Gasteiger partial charge is 0.467 e. The third-order valence-electron chi connectivity index (χ3n) is 4.02. The Balaban J connectivity index is 2.98. The standard InChI is InChI=1S/C18H27N3O4/c1-17(2,11-20-12-22)10-18(3,4)14(16(24)25-5)21-15(23)13-7-6-8-19-9-13/h6-9,12,14H,10-11H2,1-5H3,(H,20,22)(H,21,23). The van der Waals surface area contributed by atoms with Crippen LogP contribution in [0.1, 0.15) is 44.5 Å². The van der Waals surface area contributed by atoms with Crippen molar-refractivity contribution in [1.29, 1.82) is 0 Å². The normalized spacial score (nSPS) is 12.8. The molecule has 0 saturated carbocycles. The predicted molar refractivity (Wildman–Crippen MR) is 93.8 cm³/mol. The average molecular weight is 349 g/mol. The lowest BCUT2D eigenvalue weighted by molar-refractivity contribution is -0.146. The lowest BCUT2D eigenvalue weighted by atomic mass is 9.71. The van der Waals surface area contributed by atoms with E-state index in [4.69, 9.17) is 4.74 Å². The Morgan fingerprint density at radius 3 is 2.52 bits per heavy atom. The summed E-state index contributed by atoms with van der Waals surface area (Å²) >= 11 is 0. The van der Waals surface area contributed by atoms with Crippen molar-refractivity contribution >= 4 is 18.3 Å². The number of hydrogen-bond acceptors (Lipinski definition) is 5. The molecule has 1 aromatic heterocycles. The molecule has 7 heteroatoms. The number of esters is 1. The minimum atomic E-state index is -0.833. The SMILES string of the molecule is COC(=O)C(NC(=O)c1cccnc1)C(C)(C)CC(C)(C)CNC=O. The summed E-state index contributed by atoms with van der Waals surface area (Å²) in [6.07, 6.45) is 4.24. The number of ether oxygens (including phenoxy) is 1. The van der Waals surface area contributed by atoms with E-state index in [1.165, 1.54) is 13.3 Å². The van der Waals surface area contributed by atoms with Gasteiger partial charge in [-0.05, 0) is 29.4 Å². The number of rotatable bonds is 9. The van der Waals surface area contributed by atoms with Crippen molar-refractivity contribution < 1.29 is 19.1 Å². The van der Waals surface area contributed by atoms with Crippen molar-refractivity contribution in [3.63, 3.8) is 0 Å². The van der Waals surface area contributed by atoms with E-state index in [1.54, 1.807) is 18.3 Å². The van der Waals surface area contributed by atoms with E-state index in [0.29, 0.717) is 24.9 Å². The van der Waals surface area contributed by atoms with Crippen molar-refractivity contribution in [2.45, 2.75) is 40.2 Å². The second-order valence-electron chi connectivity index (χ2n) is 7.50. The summed E-state index contributed by atoms with van der Waals surface area (Å²) < 4.78 is 4.89. The molecule has 0 fully saturated rings. The third kappa shape index (κ3) is 6.17. The van der Waals surface area contributed by atoms with Crippen molar-refractivity contribution in [1.82, 2.24) is 15.6 Å². The lowest BCUT2D eigenvalue weighted by Crippen LogP contribution is -2.52. The molecule has 25 heavy (non-hydrogen) atoms. The number of pyridine rings is 1. The predicted octanol–water partition coefficient (Wildman–Crippen LogP) is 1.54. The summed E-state index contributed by atoms with van der Waals surface area (Å²) in [6.45, 7) is 8.22. The molecule has 0 radical (unpaired) electrons. The molecule has 0 aliphatic carbocycles. The second-order valence-corrected chi connectivity index (χ2v) is 7.50. The highest BCUT2D eigenvalue weighted by molar-refractivity contribution is 5.96. The maximum absolute atomic E-state index is 12.4. The molecular weight excluding hydrogens is 322 g/mol. The van der Waals surface area contributed by atoms with E-state index in [-0.39, 0.29) is 11.3 Å². The first-order valence-electron chi connectivity index (χ1n) is 8.09. The van der Waals surface area contributed by atoms with Gasteiger partial charge in [-0.3, -0.25) is 14.6 Å². The summed E-state index contributed by atoms with van der Waals surface area (Å²) in [6, 6.07) is 2.45. The fourth-order valence-corrected chi connectivity index (χ4v) is 3.12. The molecule has 2 amide bonds. The zero-order valence-corrected chi connectivity index (χ0v) is 15.5. The van der Waals surface area contributed by atoms with E-state index in [9.17, 15) is 14.4 Å². The van der Waals surface area contributed by atoms with Crippen LogP contribution in [0.4, 0.5) is 0 Å². The van der Waals surface area contributed by atoms with Gasteiger partial charge in [-0.25, -0.2) is 4.79 Å². The number of methoxy groups -OCH3 is 1. The van der Waals surface area contributed by atoms with Crippen LogP contribution < -0.4 is 10.6 Å². The molecule has 2 N–H and O–H groups in total. The average Bonchev–Trinajstić information content (AvgIpc) is 2.56. The first kappa shape index (κ1) is 20.6. The molecule has 1 aromatic rings. The van der Waals surface area contributed by atoms with Crippen LogP contribution in [0.2, 0.25) is 0 Å². The van der Waals surface area contributed by atoms with Gasteiger partial charge < -0.3 is 15.4 Å². The van der Waals surface area contributed by atoms with Crippen LogP contribution in [0.3, 0.4) is 0 Å². The van der Waals surface area contributed by atoms with Crippen LogP contribution in [0.15, 0.2) is 24.5 Å². The van der Waals surface area contributed by atoms with Gasteiger partial charge in [-0.2, -0.15) is 0 Å². The Hall–Kier alpha value is -2.44. The van der Waals surface area contributed by atoms with Gasteiger partial charge in [0, 0.05) is 18.9 Å². The van der Waals surface area contributed by atoms with E-state index >= 15 is 0 Å². The molecular formula is C18H27N3O4. The Kier molecular flexibility index (Phi) is 7.09. The number of nitrogens with zero attached hydrogens (tertiary/aromatic N) is 1. The summed E-state index contributed by atoms with van der Waals surface area (Å²) in [5.74, 6) is -0.901. The van der Waals surface area contributed by atoms with Gasteiger partial charge in [0.15, 0.2) is 0 Å². The lowest BCUT2D eigenvalue weighted by Gasteiger charge is -2.39. The van der Waals surface area contributed by atoms with Crippen LogP contribution in [-0.2, 0) is 14.3 Å². The van der Waals surface area contributed by atoms with E-state index in [1.807, 2.05) is 27.7 Å². The molecule has 0 aliphatic rings. The summed E-state index contributed by atoms with van der Waals surface area (Å²) in [4.78, 5) is 39.2. The molecule has 0 saturated heterocycles. The number of aromatic nitrogens is 1. The Bertz CT molecular complexity index is 600. The smallest absolute Gasteiger partial charge is 0.328 e. The number of carbonyl (C=O) groups excluding carboxylic acids is 3. The molecule has 0 spiro atoms. The van der Waals surface area contributed by atoms with Gasteiger partial charge in [-0.15, -0.1) is 0 Å². The van der Waals surface area contributed by atoms with Crippen LogP contribution in [0, 0.1) is 10.8 Å². The zero-order chi connectivity index (χ0) is 19.1. The van der Waals surface area contributed by atoms with Crippen molar-refractivity contribution in [3.8, 4) is 0 Å². The van der Waals surface area contributed by atoms with Crippen molar-refractivity contribution in [2.75, 3.05) is 13.7 Å². The van der Waals surface area contributed by atoms with Crippen LogP contribution in [0.5, 0.6) is 0 Å².